The molecule has 156 valence electrons. The van der Waals surface area contributed by atoms with Gasteiger partial charge in [0.2, 0.25) is 0 Å². The number of nitro benzene ring substituents is 2. The number of benzene rings is 2. The maximum Gasteiger partial charge on any atom is 0.282 e. The molecule has 0 saturated carbocycles. The number of non-ortho nitro benzene ring substituents is 2. The van der Waals surface area contributed by atoms with Crippen molar-refractivity contribution in [3.05, 3.63) is 79.9 Å². The lowest BCUT2D eigenvalue weighted by Gasteiger charge is -2.26. The Morgan fingerprint density at radius 3 is 2.07 bits per heavy atom. The Hall–Kier alpha value is -3.44. The maximum atomic E-state index is 10.9. The van der Waals surface area contributed by atoms with Crippen LogP contribution in [-0.4, -0.2) is 52.0 Å². The van der Waals surface area contributed by atoms with Gasteiger partial charge in [0.05, 0.1) is 28.6 Å². The fourth-order valence-electron chi connectivity index (χ4n) is 2.85. The Balaban J connectivity index is 1.81. The third-order valence-electron chi connectivity index (χ3n) is 4.51. The molecule has 0 aliphatic carbocycles. The molecule has 2 aromatic rings. The molecule has 0 radical (unpaired) electrons. The highest BCUT2D eigenvalue weighted by atomic mass is 32.1. The number of hydrogen-bond acceptors (Lipinski definition) is 6. The summed E-state index contributed by atoms with van der Waals surface area (Å²) in [5, 5.41) is 25.4. The molecule has 0 spiro atoms. The highest BCUT2D eigenvalue weighted by molar-refractivity contribution is 7.80. The monoisotopic (exact) mass is 430 g/mol. The van der Waals surface area contributed by atoms with E-state index >= 15 is 0 Å². The second kappa shape index (κ2) is 9.85. The Labute approximate surface area is 177 Å². The summed E-state index contributed by atoms with van der Waals surface area (Å²) in [4.78, 5) is 26.1. The fourth-order valence-corrected chi connectivity index (χ4v) is 3.13. The second-order valence-electron chi connectivity index (χ2n) is 6.49. The van der Waals surface area contributed by atoms with Crippen LogP contribution < -0.4 is 10.3 Å². The van der Waals surface area contributed by atoms with Crippen LogP contribution in [0.5, 0.6) is 0 Å². The van der Waals surface area contributed by atoms with Gasteiger partial charge < -0.3 is 9.64 Å². The topological polar surface area (TPSA) is 125 Å². The Bertz CT molecular complexity index is 956. The van der Waals surface area contributed by atoms with Crippen LogP contribution in [0.3, 0.4) is 0 Å². The molecular formula is C19H20N5O5S+. The van der Waals surface area contributed by atoms with Crippen LogP contribution in [0.2, 0.25) is 0 Å². The molecular weight excluding hydrogens is 410 g/mol. The molecule has 1 aliphatic rings. The summed E-state index contributed by atoms with van der Waals surface area (Å²) in [5.74, 6) is 0.583. The zero-order valence-electron chi connectivity index (χ0n) is 15.9. The summed E-state index contributed by atoms with van der Waals surface area (Å²) < 4.78 is 5.34. The summed E-state index contributed by atoms with van der Waals surface area (Å²) in [6.07, 6.45) is 0. The van der Waals surface area contributed by atoms with E-state index in [0.29, 0.717) is 49.4 Å². The predicted molar refractivity (Wildman–Crippen MR) is 113 cm³/mol. The van der Waals surface area contributed by atoms with Crippen LogP contribution in [0.1, 0.15) is 11.1 Å². The number of hydrogen-bond donors (Lipinski definition) is 2. The lowest BCUT2D eigenvalue weighted by atomic mass is 10.1. The molecule has 2 aromatic carbocycles. The van der Waals surface area contributed by atoms with Gasteiger partial charge in [0, 0.05) is 37.4 Å². The first-order chi connectivity index (χ1) is 14.4. The van der Waals surface area contributed by atoms with Gasteiger partial charge in [-0.25, -0.2) is 5.32 Å². The van der Waals surface area contributed by atoms with E-state index in [2.05, 4.69) is 10.3 Å². The molecule has 3 rings (SSSR count). The van der Waals surface area contributed by atoms with Gasteiger partial charge >= 0.3 is 0 Å². The number of ether oxygens (including phenoxy) is 1. The van der Waals surface area contributed by atoms with Gasteiger partial charge in [-0.05, 0) is 42.0 Å². The van der Waals surface area contributed by atoms with Crippen molar-refractivity contribution in [2.45, 2.75) is 6.54 Å². The highest BCUT2D eigenvalue weighted by Crippen LogP contribution is 2.12. The predicted octanol–water partition coefficient (Wildman–Crippen LogP) is 0.737. The first-order valence-corrected chi connectivity index (χ1v) is 9.57. The summed E-state index contributed by atoms with van der Waals surface area (Å²) in [6, 6.07) is 12.3. The minimum Gasteiger partial charge on any atom is -0.378 e. The molecule has 2 N–H and O–H groups in total. The molecule has 11 heteroatoms. The van der Waals surface area contributed by atoms with Crippen LogP contribution in [0.15, 0.2) is 48.5 Å². The van der Waals surface area contributed by atoms with Gasteiger partial charge in [0.25, 0.3) is 22.3 Å². The first-order valence-electron chi connectivity index (χ1n) is 9.16. The number of thiocarbonyl (C=S) groups is 1. The Morgan fingerprint density at radius 1 is 1.00 bits per heavy atom. The fraction of sp³-hybridized carbons (Fsp3) is 0.263. The van der Waals surface area contributed by atoms with E-state index in [1.165, 1.54) is 24.3 Å². The van der Waals surface area contributed by atoms with Gasteiger partial charge in [-0.1, -0.05) is 0 Å². The molecule has 0 bridgehead atoms. The van der Waals surface area contributed by atoms with Crippen molar-refractivity contribution in [2.75, 3.05) is 26.3 Å². The zero-order valence-corrected chi connectivity index (χ0v) is 16.8. The normalized spacial score (nSPS) is 14.3. The first kappa shape index (κ1) is 21.3. The molecule has 1 aliphatic heterocycles. The largest absolute Gasteiger partial charge is 0.378 e. The third kappa shape index (κ3) is 5.55. The van der Waals surface area contributed by atoms with E-state index in [1.807, 2.05) is 4.90 Å². The maximum absolute atomic E-state index is 10.9. The lowest BCUT2D eigenvalue weighted by Crippen LogP contribution is -2.75. The van der Waals surface area contributed by atoms with Crippen molar-refractivity contribution >= 4 is 34.5 Å². The molecule has 0 atom stereocenters. The smallest absolute Gasteiger partial charge is 0.282 e. The van der Waals surface area contributed by atoms with E-state index in [4.69, 9.17) is 17.0 Å². The van der Waals surface area contributed by atoms with Crippen LogP contribution in [0.4, 0.5) is 11.4 Å². The van der Waals surface area contributed by atoms with Crippen LogP contribution in [0.25, 0.3) is 0 Å². The third-order valence-corrected chi connectivity index (χ3v) is 4.87. The van der Waals surface area contributed by atoms with Crippen molar-refractivity contribution < 1.29 is 19.6 Å². The molecule has 0 amide bonds. The number of nitrogens with one attached hydrogen (secondary N) is 2. The minimum atomic E-state index is -0.459. The molecule has 0 aromatic heterocycles. The lowest BCUT2D eigenvalue weighted by molar-refractivity contribution is -0.476. The van der Waals surface area contributed by atoms with E-state index in [-0.39, 0.29) is 11.4 Å². The van der Waals surface area contributed by atoms with Crippen molar-refractivity contribution in [1.82, 2.24) is 10.2 Å². The standard InChI is InChI=1S/C19H19N5O5S/c25-23(26)16-5-1-14(2-6-16)13-20-18(15-3-7-17(8-4-15)24(27)28)21-19(30)22-9-11-29-12-10-22/h1-8H,9-13H2,(H,20,21,30)/p+1. The second-order valence-corrected chi connectivity index (χ2v) is 6.87. The van der Waals surface area contributed by atoms with E-state index < -0.39 is 9.85 Å². The Morgan fingerprint density at radius 2 is 1.53 bits per heavy atom. The van der Waals surface area contributed by atoms with Crippen molar-refractivity contribution in [3.8, 4) is 0 Å². The molecule has 30 heavy (non-hydrogen) atoms. The van der Waals surface area contributed by atoms with E-state index in [9.17, 15) is 20.2 Å². The number of amidine groups is 1. The molecule has 0 unspecified atom stereocenters. The van der Waals surface area contributed by atoms with Crippen molar-refractivity contribution in [1.29, 1.82) is 0 Å². The summed E-state index contributed by atoms with van der Waals surface area (Å²) in [6.45, 7) is 2.89. The van der Waals surface area contributed by atoms with Crippen LogP contribution in [0, 0.1) is 20.2 Å². The summed E-state index contributed by atoms with van der Waals surface area (Å²) in [7, 11) is 0. The molecule has 1 saturated heterocycles. The van der Waals surface area contributed by atoms with Crippen molar-refractivity contribution in [3.63, 3.8) is 0 Å². The molecule has 10 nitrogen and oxygen atoms in total. The number of morpholine rings is 1. The van der Waals surface area contributed by atoms with Gasteiger partial charge in [0.1, 0.15) is 6.54 Å². The average Bonchev–Trinajstić information content (AvgIpc) is 2.77. The Kier molecular flexibility index (Phi) is 6.99. The summed E-state index contributed by atoms with van der Waals surface area (Å²) >= 11 is 5.51. The molecule has 1 fully saturated rings. The zero-order chi connectivity index (χ0) is 21.5. The SMILES string of the molecule is O=[N+]([O-])c1ccc(C[NH+]=C(NC(=S)N2CCOCC2)c2ccc([N+](=O)[O-])cc2)cc1. The van der Waals surface area contributed by atoms with E-state index in [1.54, 1.807) is 24.3 Å². The number of nitro groups is 2. The molecule has 1 heterocycles. The quantitative estimate of drug-likeness (QED) is 0.234. The van der Waals surface area contributed by atoms with Crippen molar-refractivity contribution in [2.24, 2.45) is 0 Å². The minimum absolute atomic E-state index is 0.00998. The van der Waals surface area contributed by atoms with Gasteiger partial charge in [0.15, 0.2) is 0 Å². The highest BCUT2D eigenvalue weighted by Gasteiger charge is 2.21. The van der Waals surface area contributed by atoms with E-state index in [0.717, 1.165) is 5.56 Å². The summed E-state index contributed by atoms with van der Waals surface area (Å²) in [5.41, 5.74) is 1.53. The number of nitrogens with zero attached hydrogens (tertiary/aromatic N) is 3. The van der Waals surface area contributed by atoms with Gasteiger partial charge in [-0.15, -0.1) is 0 Å². The van der Waals surface area contributed by atoms with Crippen LogP contribution in [-0.2, 0) is 11.3 Å². The van der Waals surface area contributed by atoms with Gasteiger partial charge in [-0.3, -0.25) is 25.2 Å². The average molecular weight is 430 g/mol. The van der Waals surface area contributed by atoms with Crippen LogP contribution >= 0.6 is 12.2 Å². The number of rotatable bonds is 5. The van der Waals surface area contributed by atoms with Gasteiger partial charge in [-0.2, -0.15) is 0 Å².